The summed E-state index contributed by atoms with van der Waals surface area (Å²) >= 11 is 6.29. The Bertz CT molecular complexity index is 1030. The van der Waals surface area contributed by atoms with Crippen LogP contribution in [0.2, 0.25) is 5.02 Å². The Kier molecular flexibility index (Phi) is 5.73. The molecule has 1 fully saturated rings. The molecule has 154 valence electrons. The number of aromatic nitrogens is 3. The van der Waals surface area contributed by atoms with Gasteiger partial charge in [-0.3, -0.25) is 9.51 Å². The summed E-state index contributed by atoms with van der Waals surface area (Å²) in [6.45, 7) is 2.17. The smallest absolute Gasteiger partial charge is 0.439 e. The molecule has 0 aliphatic heterocycles. The van der Waals surface area contributed by atoms with Gasteiger partial charge in [0, 0.05) is 18.6 Å². The van der Waals surface area contributed by atoms with E-state index in [1.54, 1.807) is 25.3 Å². The van der Waals surface area contributed by atoms with E-state index in [2.05, 4.69) is 19.6 Å². The molecule has 2 heterocycles. The van der Waals surface area contributed by atoms with Gasteiger partial charge in [0.05, 0.1) is 16.8 Å². The van der Waals surface area contributed by atoms with Gasteiger partial charge in [0.2, 0.25) is 0 Å². The molecule has 2 aromatic heterocycles. The molecule has 1 aliphatic carbocycles. The van der Waals surface area contributed by atoms with Gasteiger partial charge in [-0.25, -0.2) is 9.78 Å². The van der Waals surface area contributed by atoms with Crippen molar-refractivity contribution in [1.82, 2.24) is 15.1 Å². The van der Waals surface area contributed by atoms with Crippen LogP contribution in [0.3, 0.4) is 0 Å². The van der Waals surface area contributed by atoms with E-state index in [4.69, 9.17) is 25.5 Å². The van der Waals surface area contributed by atoms with Crippen molar-refractivity contribution < 1.29 is 18.4 Å². The van der Waals surface area contributed by atoms with Gasteiger partial charge in [0.25, 0.3) is 0 Å². The summed E-state index contributed by atoms with van der Waals surface area (Å²) in [5.74, 6) is 2.01. The molecular weight excluding hydrogens is 398 g/mol. The van der Waals surface area contributed by atoms with Gasteiger partial charge in [-0.15, -0.1) is 0 Å². The van der Waals surface area contributed by atoms with Crippen molar-refractivity contribution >= 4 is 11.6 Å². The first-order valence-corrected chi connectivity index (χ1v) is 9.89. The minimum atomic E-state index is -0.635. The fourth-order valence-electron chi connectivity index (χ4n) is 3.58. The van der Waals surface area contributed by atoms with E-state index < -0.39 is 5.76 Å². The molecule has 0 unspecified atom stereocenters. The van der Waals surface area contributed by atoms with E-state index in [9.17, 15) is 4.79 Å². The van der Waals surface area contributed by atoms with Crippen molar-refractivity contribution in [3.63, 3.8) is 0 Å². The number of aryl methyl sites for hydroxylation is 1. The molecule has 0 atom stereocenters. The normalized spacial score (nSPS) is 19.4. The van der Waals surface area contributed by atoms with E-state index in [0.717, 1.165) is 37.3 Å². The third-order valence-corrected chi connectivity index (χ3v) is 5.58. The summed E-state index contributed by atoms with van der Waals surface area (Å²) in [6, 6.07) is 5.10. The van der Waals surface area contributed by atoms with Crippen molar-refractivity contribution in [2.24, 2.45) is 0 Å². The fourth-order valence-corrected chi connectivity index (χ4v) is 3.84. The first-order valence-electron chi connectivity index (χ1n) is 9.51. The fraction of sp³-hybridized carbons (Fsp3) is 0.450. The van der Waals surface area contributed by atoms with Crippen LogP contribution in [0.15, 0.2) is 31.9 Å². The Balaban J connectivity index is 1.41. The Hall–Kier alpha value is -2.58. The maximum Gasteiger partial charge on any atom is 0.439 e. The maximum absolute atomic E-state index is 11.1. The molecular formula is C20H22ClN3O5. The Morgan fingerprint density at radius 2 is 2.07 bits per heavy atom. The largest absolute Gasteiger partial charge is 0.486 e. The molecule has 3 aromatic rings. The third-order valence-electron chi connectivity index (χ3n) is 5.27. The number of oxazole rings is 1. The van der Waals surface area contributed by atoms with Crippen molar-refractivity contribution in [3.05, 3.63) is 51.1 Å². The Morgan fingerprint density at radius 3 is 2.72 bits per heavy atom. The number of H-pyrrole nitrogens is 1. The van der Waals surface area contributed by atoms with Crippen molar-refractivity contribution in [2.75, 3.05) is 7.11 Å². The molecule has 0 saturated heterocycles. The van der Waals surface area contributed by atoms with Crippen LogP contribution in [0.1, 0.15) is 48.9 Å². The molecule has 0 bridgehead atoms. The van der Waals surface area contributed by atoms with Gasteiger partial charge < -0.3 is 13.9 Å². The molecule has 0 radical (unpaired) electrons. The highest BCUT2D eigenvalue weighted by atomic mass is 35.5. The van der Waals surface area contributed by atoms with E-state index in [0.29, 0.717) is 34.1 Å². The van der Waals surface area contributed by atoms with Crippen LogP contribution < -0.4 is 10.5 Å². The molecule has 1 saturated carbocycles. The summed E-state index contributed by atoms with van der Waals surface area (Å²) in [7, 11) is 1.76. The van der Waals surface area contributed by atoms with Crippen LogP contribution >= 0.6 is 11.6 Å². The van der Waals surface area contributed by atoms with E-state index >= 15 is 0 Å². The van der Waals surface area contributed by atoms with Crippen molar-refractivity contribution in [3.8, 4) is 17.1 Å². The summed E-state index contributed by atoms with van der Waals surface area (Å²) < 4.78 is 21.8. The van der Waals surface area contributed by atoms with Gasteiger partial charge in [0.15, 0.2) is 17.5 Å². The summed E-state index contributed by atoms with van der Waals surface area (Å²) in [5.41, 5.74) is 1.38. The van der Waals surface area contributed by atoms with Crippen LogP contribution in [0.5, 0.6) is 5.75 Å². The van der Waals surface area contributed by atoms with Gasteiger partial charge in [-0.05, 0) is 50.8 Å². The van der Waals surface area contributed by atoms with Gasteiger partial charge in [0.1, 0.15) is 12.4 Å². The molecule has 29 heavy (non-hydrogen) atoms. The number of halogens is 1. The minimum absolute atomic E-state index is 0.253. The highest BCUT2D eigenvalue weighted by Gasteiger charge is 2.26. The summed E-state index contributed by atoms with van der Waals surface area (Å²) in [5, 5.41) is 4.03. The molecule has 1 N–H and O–H groups in total. The van der Waals surface area contributed by atoms with Crippen molar-refractivity contribution in [1.29, 1.82) is 0 Å². The van der Waals surface area contributed by atoms with Gasteiger partial charge in [-0.2, -0.15) is 0 Å². The lowest BCUT2D eigenvalue weighted by Crippen LogP contribution is -2.19. The first kappa shape index (κ1) is 19.7. The number of nitrogens with zero attached hydrogens (tertiary/aromatic N) is 2. The second-order valence-corrected chi connectivity index (χ2v) is 7.55. The number of aromatic amines is 1. The Labute approximate surface area is 172 Å². The van der Waals surface area contributed by atoms with E-state index in [1.807, 2.05) is 6.92 Å². The molecule has 1 aliphatic rings. The summed E-state index contributed by atoms with van der Waals surface area (Å²) in [4.78, 5) is 18.2. The molecule has 4 rings (SSSR count). The topological polar surface area (TPSA) is 103 Å². The number of ether oxygens (including phenoxy) is 2. The summed E-state index contributed by atoms with van der Waals surface area (Å²) in [6.07, 6.45) is 4.42. The number of methoxy groups -OCH3 is 1. The molecule has 9 heteroatoms. The lowest BCUT2D eigenvalue weighted by Gasteiger charge is -2.25. The zero-order chi connectivity index (χ0) is 20.4. The maximum atomic E-state index is 11.1. The van der Waals surface area contributed by atoms with Crippen LogP contribution in [-0.4, -0.2) is 28.3 Å². The molecule has 8 nitrogen and oxygen atoms in total. The molecule has 0 amide bonds. The molecule has 1 aromatic carbocycles. The predicted octanol–water partition coefficient (Wildman–Crippen LogP) is 4.23. The third kappa shape index (κ3) is 4.38. The number of benzene rings is 1. The zero-order valence-electron chi connectivity index (χ0n) is 16.2. The number of rotatable bonds is 6. The highest BCUT2D eigenvalue weighted by molar-refractivity contribution is 6.33. The quantitative estimate of drug-likeness (QED) is 0.637. The van der Waals surface area contributed by atoms with Crippen LogP contribution in [0.4, 0.5) is 0 Å². The average molecular weight is 420 g/mol. The van der Waals surface area contributed by atoms with E-state index in [-0.39, 0.29) is 12.4 Å². The second-order valence-electron chi connectivity index (χ2n) is 7.14. The predicted molar refractivity (Wildman–Crippen MR) is 105 cm³/mol. The lowest BCUT2D eigenvalue weighted by atomic mass is 9.87. The standard InChI is InChI=1S/C20H22ClN3O5/c1-11-17(28-19(22-11)12-3-5-13(26-2)6-4-12)10-27-14-7-8-15(16(21)9-14)18-23-20(25)29-24-18/h7-9,12-13H,3-6,10H2,1-2H3,(H,23,24,25)/t12-,13-. The van der Waals surface area contributed by atoms with Crippen molar-refractivity contribution in [2.45, 2.75) is 51.2 Å². The van der Waals surface area contributed by atoms with Crippen LogP contribution in [0.25, 0.3) is 11.4 Å². The Morgan fingerprint density at radius 1 is 1.28 bits per heavy atom. The minimum Gasteiger partial charge on any atom is -0.486 e. The average Bonchev–Trinajstić information content (AvgIpc) is 3.32. The number of nitrogens with one attached hydrogen (secondary N) is 1. The SMILES string of the molecule is CO[C@H]1CC[C@H](c2nc(C)c(COc3ccc(-c4noc(=O)[nH]4)c(Cl)c3)o2)CC1. The monoisotopic (exact) mass is 419 g/mol. The van der Waals surface area contributed by atoms with Crippen LogP contribution in [-0.2, 0) is 11.3 Å². The lowest BCUT2D eigenvalue weighted by molar-refractivity contribution is 0.0630. The van der Waals surface area contributed by atoms with E-state index in [1.165, 1.54) is 0 Å². The van der Waals surface area contributed by atoms with Gasteiger partial charge >= 0.3 is 5.76 Å². The molecule has 0 spiro atoms. The first-order chi connectivity index (χ1) is 14.0. The van der Waals surface area contributed by atoms with Crippen LogP contribution in [0, 0.1) is 6.92 Å². The zero-order valence-corrected chi connectivity index (χ0v) is 17.0. The number of hydrogen-bond donors (Lipinski definition) is 1. The second kappa shape index (κ2) is 8.42. The highest BCUT2D eigenvalue weighted by Crippen LogP contribution is 2.34. The van der Waals surface area contributed by atoms with Gasteiger partial charge in [-0.1, -0.05) is 16.8 Å². The number of hydrogen-bond acceptors (Lipinski definition) is 7.